The summed E-state index contributed by atoms with van der Waals surface area (Å²) in [6.45, 7) is 4.64. The summed E-state index contributed by atoms with van der Waals surface area (Å²) in [5.74, 6) is 0.420. The van der Waals surface area contributed by atoms with E-state index in [1.165, 1.54) is 0 Å². The highest BCUT2D eigenvalue weighted by Crippen LogP contribution is 2.24. The SMILES string of the molecule is C[C@H]1CN2C[C@H](NC(=O)COc3ccccc3Cl)C[C@H]2CO1. The number of morpholine rings is 1. The van der Waals surface area contributed by atoms with Crippen LogP contribution >= 0.6 is 11.6 Å². The molecule has 2 heterocycles. The largest absolute Gasteiger partial charge is 0.482 e. The first-order valence-electron chi connectivity index (χ1n) is 7.64. The Labute approximate surface area is 135 Å². The lowest BCUT2D eigenvalue weighted by atomic mass is 10.1. The molecule has 0 aromatic heterocycles. The zero-order valence-corrected chi connectivity index (χ0v) is 13.4. The maximum atomic E-state index is 12.0. The zero-order chi connectivity index (χ0) is 15.5. The van der Waals surface area contributed by atoms with Crippen LogP contribution in [0.5, 0.6) is 5.75 Å². The Morgan fingerprint density at radius 2 is 2.27 bits per heavy atom. The van der Waals surface area contributed by atoms with Crippen molar-refractivity contribution in [1.82, 2.24) is 10.2 Å². The molecular weight excluding hydrogens is 304 g/mol. The predicted molar refractivity (Wildman–Crippen MR) is 84.3 cm³/mol. The maximum Gasteiger partial charge on any atom is 0.258 e. The number of halogens is 1. The third-order valence-corrected chi connectivity index (χ3v) is 4.47. The summed E-state index contributed by atoms with van der Waals surface area (Å²) in [6.07, 6.45) is 1.21. The van der Waals surface area contributed by atoms with Crippen molar-refractivity contribution in [3.05, 3.63) is 29.3 Å². The molecule has 2 aliphatic heterocycles. The molecule has 5 nitrogen and oxygen atoms in total. The van der Waals surface area contributed by atoms with Gasteiger partial charge in [0.25, 0.3) is 5.91 Å². The van der Waals surface area contributed by atoms with Crippen molar-refractivity contribution in [2.45, 2.75) is 31.5 Å². The van der Waals surface area contributed by atoms with Crippen LogP contribution in [-0.2, 0) is 9.53 Å². The zero-order valence-electron chi connectivity index (χ0n) is 12.6. The van der Waals surface area contributed by atoms with E-state index in [2.05, 4.69) is 17.1 Å². The molecule has 2 saturated heterocycles. The van der Waals surface area contributed by atoms with Crippen molar-refractivity contribution in [2.75, 3.05) is 26.3 Å². The van der Waals surface area contributed by atoms with Gasteiger partial charge in [0.1, 0.15) is 5.75 Å². The molecule has 120 valence electrons. The lowest BCUT2D eigenvalue weighted by molar-refractivity contribution is -0.123. The number of carbonyl (C=O) groups excluding carboxylic acids is 1. The standard InChI is InChI=1S/C16H21ClN2O3/c1-11-7-19-8-12(6-13(19)9-21-11)18-16(20)10-22-15-5-3-2-4-14(15)17/h2-5,11-13H,6-10H2,1H3,(H,18,20)/t11-,12+,13-/m0/s1. The highest BCUT2D eigenvalue weighted by Gasteiger charge is 2.36. The van der Waals surface area contributed by atoms with Gasteiger partial charge in [-0.15, -0.1) is 0 Å². The molecule has 0 spiro atoms. The Balaban J connectivity index is 1.46. The number of amides is 1. The molecule has 0 unspecified atom stereocenters. The van der Waals surface area contributed by atoms with E-state index in [9.17, 15) is 4.79 Å². The maximum absolute atomic E-state index is 12.0. The van der Waals surface area contributed by atoms with Gasteiger partial charge >= 0.3 is 0 Å². The number of hydrogen-bond donors (Lipinski definition) is 1. The van der Waals surface area contributed by atoms with Gasteiger partial charge in [-0.3, -0.25) is 9.69 Å². The van der Waals surface area contributed by atoms with Gasteiger partial charge < -0.3 is 14.8 Å². The molecule has 0 radical (unpaired) electrons. The van der Waals surface area contributed by atoms with Crippen LogP contribution in [0.25, 0.3) is 0 Å². The van der Waals surface area contributed by atoms with E-state index in [0.29, 0.717) is 16.8 Å². The lowest BCUT2D eigenvalue weighted by Gasteiger charge is -2.33. The van der Waals surface area contributed by atoms with Crippen molar-refractivity contribution in [2.24, 2.45) is 0 Å². The third kappa shape index (κ3) is 3.72. The topological polar surface area (TPSA) is 50.8 Å². The summed E-state index contributed by atoms with van der Waals surface area (Å²) in [5.41, 5.74) is 0. The minimum Gasteiger partial charge on any atom is -0.482 e. The fourth-order valence-corrected chi connectivity index (χ4v) is 3.31. The molecule has 6 heteroatoms. The molecule has 1 aromatic rings. The minimum atomic E-state index is -0.112. The summed E-state index contributed by atoms with van der Waals surface area (Å²) in [5, 5.41) is 3.55. The summed E-state index contributed by atoms with van der Waals surface area (Å²) in [7, 11) is 0. The number of benzene rings is 1. The average Bonchev–Trinajstić information content (AvgIpc) is 2.87. The second-order valence-electron chi connectivity index (χ2n) is 5.97. The van der Waals surface area contributed by atoms with Crippen molar-refractivity contribution in [3.63, 3.8) is 0 Å². The Morgan fingerprint density at radius 3 is 3.09 bits per heavy atom. The summed E-state index contributed by atoms with van der Waals surface area (Å²) in [4.78, 5) is 14.4. The van der Waals surface area contributed by atoms with Crippen molar-refractivity contribution < 1.29 is 14.3 Å². The summed E-state index contributed by atoms with van der Waals surface area (Å²) >= 11 is 6.00. The van der Waals surface area contributed by atoms with Gasteiger partial charge in [0.2, 0.25) is 0 Å². The van der Waals surface area contributed by atoms with Crippen LogP contribution in [0.15, 0.2) is 24.3 Å². The van der Waals surface area contributed by atoms with E-state index >= 15 is 0 Å². The first kappa shape index (κ1) is 15.6. The molecule has 0 saturated carbocycles. The first-order valence-corrected chi connectivity index (χ1v) is 8.02. The Hall–Kier alpha value is -1.30. The van der Waals surface area contributed by atoms with Gasteiger partial charge in [0.15, 0.2) is 6.61 Å². The summed E-state index contributed by atoms with van der Waals surface area (Å²) in [6, 6.07) is 7.74. The van der Waals surface area contributed by atoms with Crippen LogP contribution in [0.2, 0.25) is 5.02 Å². The number of hydrogen-bond acceptors (Lipinski definition) is 4. The van der Waals surface area contributed by atoms with E-state index in [-0.39, 0.29) is 24.7 Å². The number of para-hydroxylation sites is 1. The number of nitrogens with one attached hydrogen (secondary N) is 1. The van der Waals surface area contributed by atoms with Crippen molar-refractivity contribution in [3.8, 4) is 5.75 Å². The van der Waals surface area contributed by atoms with Crippen LogP contribution in [0.1, 0.15) is 13.3 Å². The Bertz CT molecular complexity index is 540. The van der Waals surface area contributed by atoms with Gasteiger partial charge in [0.05, 0.1) is 17.7 Å². The third-order valence-electron chi connectivity index (χ3n) is 4.15. The Morgan fingerprint density at radius 1 is 1.45 bits per heavy atom. The molecule has 1 amide bonds. The van der Waals surface area contributed by atoms with Crippen LogP contribution in [-0.4, -0.2) is 55.3 Å². The molecule has 1 N–H and O–H groups in total. The average molecular weight is 325 g/mol. The molecule has 2 aliphatic rings. The van der Waals surface area contributed by atoms with Gasteiger partial charge in [-0.2, -0.15) is 0 Å². The highest BCUT2D eigenvalue weighted by atomic mass is 35.5. The van der Waals surface area contributed by atoms with Crippen molar-refractivity contribution in [1.29, 1.82) is 0 Å². The fourth-order valence-electron chi connectivity index (χ4n) is 3.12. The first-order chi connectivity index (χ1) is 10.6. The fraction of sp³-hybridized carbons (Fsp3) is 0.562. The van der Waals surface area contributed by atoms with Gasteiger partial charge in [-0.05, 0) is 25.5 Å². The number of rotatable bonds is 4. The van der Waals surface area contributed by atoms with Crippen LogP contribution in [0.3, 0.4) is 0 Å². The van der Waals surface area contributed by atoms with Gasteiger partial charge in [-0.25, -0.2) is 0 Å². The van der Waals surface area contributed by atoms with Gasteiger partial charge in [-0.1, -0.05) is 23.7 Å². The molecule has 3 rings (SSSR count). The lowest BCUT2D eigenvalue weighted by Crippen LogP contribution is -2.45. The van der Waals surface area contributed by atoms with Crippen LogP contribution in [0, 0.1) is 0 Å². The molecular formula is C16H21ClN2O3. The minimum absolute atomic E-state index is 0.0161. The quantitative estimate of drug-likeness (QED) is 0.916. The monoisotopic (exact) mass is 324 g/mol. The van der Waals surface area contributed by atoms with E-state index in [1.807, 2.05) is 12.1 Å². The Kier molecular flexibility index (Phi) is 4.86. The second-order valence-corrected chi connectivity index (χ2v) is 6.38. The molecule has 0 bridgehead atoms. The normalized spacial score (nSPS) is 28.2. The molecule has 0 aliphatic carbocycles. The second kappa shape index (κ2) is 6.86. The molecule has 22 heavy (non-hydrogen) atoms. The number of nitrogens with zero attached hydrogens (tertiary/aromatic N) is 1. The predicted octanol–water partition coefficient (Wildman–Crippen LogP) is 1.70. The highest BCUT2D eigenvalue weighted by molar-refractivity contribution is 6.32. The smallest absolute Gasteiger partial charge is 0.258 e. The summed E-state index contributed by atoms with van der Waals surface area (Å²) < 4.78 is 11.1. The van der Waals surface area contributed by atoms with E-state index in [1.54, 1.807) is 12.1 Å². The number of fused-ring (bicyclic) bond motifs is 1. The van der Waals surface area contributed by atoms with E-state index < -0.39 is 0 Å². The molecule has 3 atom stereocenters. The van der Waals surface area contributed by atoms with Gasteiger partial charge in [0, 0.05) is 25.2 Å². The number of carbonyl (C=O) groups is 1. The number of ether oxygens (including phenoxy) is 2. The van der Waals surface area contributed by atoms with Crippen molar-refractivity contribution >= 4 is 17.5 Å². The van der Waals surface area contributed by atoms with Crippen LogP contribution < -0.4 is 10.1 Å². The van der Waals surface area contributed by atoms with Crippen LogP contribution in [0.4, 0.5) is 0 Å². The van der Waals surface area contributed by atoms with E-state index in [4.69, 9.17) is 21.1 Å². The van der Waals surface area contributed by atoms with E-state index in [0.717, 1.165) is 26.1 Å². The molecule has 1 aromatic carbocycles. The molecule has 2 fully saturated rings.